The summed E-state index contributed by atoms with van der Waals surface area (Å²) >= 11 is 8.87. The molecule has 2 heterocycles. The number of nitrogens with zero attached hydrogens (tertiary/aromatic N) is 3. The number of carbonyl (C=O) groups excluding carboxylic acids is 1. The number of fused-ring (bicyclic) bond motifs is 1. The molecule has 148 valence electrons. The summed E-state index contributed by atoms with van der Waals surface area (Å²) in [5.74, 6) is 0.754. The third-order valence-electron chi connectivity index (χ3n) is 4.97. The van der Waals surface area contributed by atoms with Crippen molar-refractivity contribution in [2.24, 2.45) is 0 Å². The second-order valence-electron chi connectivity index (χ2n) is 6.84. The first-order valence-corrected chi connectivity index (χ1v) is 10.4. The van der Waals surface area contributed by atoms with Crippen molar-refractivity contribution in [1.29, 1.82) is 0 Å². The summed E-state index contributed by atoms with van der Waals surface area (Å²) in [6.07, 6.45) is 3.96. The van der Waals surface area contributed by atoms with Gasteiger partial charge in [0, 0.05) is 41.2 Å². The lowest BCUT2D eigenvalue weighted by molar-refractivity contribution is -0.121. The molecule has 0 atom stereocenters. The van der Waals surface area contributed by atoms with Crippen molar-refractivity contribution in [1.82, 2.24) is 14.4 Å². The smallest absolute Gasteiger partial charge is 0.276 e. The number of amides is 1. The maximum atomic E-state index is 12.6. The zero-order valence-corrected chi connectivity index (χ0v) is 18.5. The van der Waals surface area contributed by atoms with Gasteiger partial charge in [0.1, 0.15) is 18.1 Å². The minimum absolute atomic E-state index is 0.0965. The van der Waals surface area contributed by atoms with Gasteiger partial charge in [0.2, 0.25) is 0 Å². The molecule has 0 spiro atoms. The van der Waals surface area contributed by atoms with Gasteiger partial charge < -0.3 is 14.2 Å². The van der Waals surface area contributed by atoms with Gasteiger partial charge in [-0.3, -0.25) is 9.69 Å². The Kier molecular flexibility index (Phi) is 5.43. The van der Waals surface area contributed by atoms with E-state index < -0.39 is 0 Å². The van der Waals surface area contributed by atoms with Crippen molar-refractivity contribution in [3.05, 3.63) is 70.5 Å². The van der Waals surface area contributed by atoms with Crippen LogP contribution in [0.15, 0.2) is 64.9 Å². The molecule has 7 heteroatoms. The highest BCUT2D eigenvalue weighted by Gasteiger charge is 2.32. The van der Waals surface area contributed by atoms with Crippen molar-refractivity contribution in [2.45, 2.75) is 6.54 Å². The average Bonchev–Trinajstić information content (AvgIpc) is 3.15. The van der Waals surface area contributed by atoms with Gasteiger partial charge in [-0.25, -0.2) is 0 Å². The lowest BCUT2D eigenvalue weighted by Gasteiger charge is -2.10. The normalized spacial score (nSPS) is 15.8. The SMILES string of the molecule is CN1C(=O)/C(=C\c2cn(CCOc3ccccc3)c3ccc(Br)cc23)N(C)C1=S. The molecule has 1 saturated heterocycles. The van der Waals surface area contributed by atoms with E-state index in [0.29, 0.717) is 24.0 Å². The molecule has 29 heavy (non-hydrogen) atoms. The van der Waals surface area contributed by atoms with E-state index in [-0.39, 0.29) is 5.91 Å². The Morgan fingerprint density at radius 2 is 1.86 bits per heavy atom. The molecule has 0 bridgehead atoms. The highest BCUT2D eigenvalue weighted by Crippen LogP contribution is 2.29. The molecule has 0 saturated carbocycles. The Bertz CT molecular complexity index is 1120. The summed E-state index contributed by atoms with van der Waals surface area (Å²) in [4.78, 5) is 15.8. The lowest BCUT2D eigenvalue weighted by atomic mass is 10.1. The van der Waals surface area contributed by atoms with Crippen LogP contribution in [0.3, 0.4) is 0 Å². The number of carbonyl (C=O) groups is 1. The lowest BCUT2D eigenvalue weighted by Crippen LogP contribution is -2.26. The second-order valence-corrected chi connectivity index (χ2v) is 8.12. The largest absolute Gasteiger partial charge is 0.492 e. The Hall–Kier alpha value is -2.64. The molecule has 1 aromatic heterocycles. The van der Waals surface area contributed by atoms with Gasteiger partial charge in [0.15, 0.2) is 5.11 Å². The molecule has 0 aliphatic carbocycles. The van der Waals surface area contributed by atoms with E-state index in [0.717, 1.165) is 26.7 Å². The molecule has 1 amide bonds. The number of para-hydroxylation sites is 1. The number of benzene rings is 2. The van der Waals surface area contributed by atoms with Gasteiger partial charge in [0.25, 0.3) is 5.91 Å². The monoisotopic (exact) mass is 469 g/mol. The van der Waals surface area contributed by atoms with E-state index in [1.165, 1.54) is 4.90 Å². The van der Waals surface area contributed by atoms with Crippen molar-refractivity contribution in [3.8, 4) is 5.75 Å². The number of aromatic nitrogens is 1. The van der Waals surface area contributed by atoms with Gasteiger partial charge in [-0.1, -0.05) is 34.1 Å². The number of hydrogen-bond acceptors (Lipinski definition) is 3. The van der Waals surface area contributed by atoms with Crippen molar-refractivity contribution in [2.75, 3.05) is 20.7 Å². The Morgan fingerprint density at radius 1 is 1.10 bits per heavy atom. The third kappa shape index (κ3) is 3.80. The molecule has 3 aromatic rings. The van der Waals surface area contributed by atoms with Crippen LogP contribution in [-0.2, 0) is 11.3 Å². The van der Waals surface area contributed by atoms with Crippen molar-refractivity contribution in [3.63, 3.8) is 0 Å². The van der Waals surface area contributed by atoms with Crippen LogP contribution < -0.4 is 4.74 Å². The average molecular weight is 470 g/mol. The first kappa shape index (κ1) is 19.7. The summed E-state index contributed by atoms with van der Waals surface area (Å²) in [6.45, 7) is 1.24. The van der Waals surface area contributed by atoms with Gasteiger partial charge in [-0.15, -0.1) is 0 Å². The van der Waals surface area contributed by atoms with E-state index >= 15 is 0 Å². The molecule has 0 radical (unpaired) electrons. The number of ether oxygens (including phenoxy) is 1. The van der Waals surface area contributed by atoms with Crippen LogP contribution in [0.5, 0.6) is 5.75 Å². The first-order chi connectivity index (χ1) is 14.0. The molecular weight excluding hydrogens is 450 g/mol. The molecule has 1 fully saturated rings. The van der Waals surface area contributed by atoms with Crippen LogP contribution in [0.1, 0.15) is 5.56 Å². The minimum Gasteiger partial charge on any atom is -0.492 e. The third-order valence-corrected chi connectivity index (χ3v) is 6.01. The zero-order valence-electron chi connectivity index (χ0n) is 16.1. The van der Waals surface area contributed by atoms with Gasteiger partial charge >= 0.3 is 0 Å². The molecule has 0 N–H and O–H groups in total. The van der Waals surface area contributed by atoms with E-state index in [1.54, 1.807) is 11.9 Å². The van der Waals surface area contributed by atoms with Crippen LogP contribution in [0.4, 0.5) is 0 Å². The maximum absolute atomic E-state index is 12.6. The number of thiocarbonyl (C=S) groups is 1. The van der Waals surface area contributed by atoms with E-state index in [9.17, 15) is 4.79 Å². The van der Waals surface area contributed by atoms with Crippen LogP contribution in [0.25, 0.3) is 17.0 Å². The van der Waals surface area contributed by atoms with Crippen LogP contribution in [0.2, 0.25) is 0 Å². The predicted octanol–water partition coefficient (Wildman–Crippen LogP) is 4.51. The van der Waals surface area contributed by atoms with Crippen LogP contribution >= 0.6 is 28.1 Å². The summed E-state index contributed by atoms with van der Waals surface area (Å²) < 4.78 is 8.99. The fraction of sp³-hybridized carbons (Fsp3) is 0.182. The second kappa shape index (κ2) is 8.00. The molecule has 2 aromatic carbocycles. The highest BCUT2D eigenvalue weighted by molar-refractivity contribution is 9.10. The molecular formula is C22H20BrN3O2S. The number of hydrogen-bond donors (Lipinski definition) is 0. The Labute approximate surface area is 183 Å². The quantitative estimate of drug-likeness (QED) is 0.406. The summed E-state index contributed by atoms with van der Waals surface area (Å²) in [6, 6.07) is 15.9. The predicted molar refractivity (Wildman–Crippen MR) is 123 cm³/mol. The fourth-order valence-corrected chi connectivity index (χ4v) is 3.95. The van der Waals surface area contributed by atoms with Crippen molar-refractivity contribution < 1.29 is 9.53 Å². The van der Waals surface area contributed by atoms with Crippen LogP contribution in [-0.4, -0.2) is 46.1 Å². The Balaban J connectivity index is 1.66. The molecule has 0 unspecified atom stereocenters. The molecule has 4 rings (SSSR count). The van der Waals surface area contributed by atoms with Gasteiger partial charge in [0.05, 0.1) is 6.54 Å². The maximum Gasteiger partial charge on any atom is 0.276 e. The number of likely N-dealkylation sites (N-methyl/N-ethyl adjacent to an activating group) is 2. The standard InChI is InChI=1S/C22H20BrN3O2S/c1-24-20(21(27)25(2)22(24)29)12-15-14-26(19-9-8-16(23)13-18(15)19)10-11-28-17-6-4-3-5-7-17/h3-9,12-14H,10-11H2,1-2H3/b20-12+. The summed E-state index contributed by atoms with van der Waals surface area (Å²) in [5, 5.41) is 1.57. The minimum atomic E-state index is -0.0965. The fourth-order valence-electron chi connectivity index (χ4n) is 3.41. The van der Waals surface area contributed by atoms with Crippen molar-refractivity contribution >= 4 is 56.1 Å². The zero-order chi connectivity index (χ0) is 20.5. The Morgan fingerprint density at radius 3 is 2.55 bits per heavy atom. The molecule has 1 aliphatic heterocycles. The van der Waals surface area contributed by atoms with Gasteiger partial charge in [-0.05, 0) is 48.6 Å². The van der Waals surface area contributed by atoms with E-state index in [4.69, 9.17) is 17.0 Å². The molecule has 5 nitrogen and oxygen atoms in total. The summed E-state index contributed by atoms with van der Waals surface area (Å²) in [5.41, 5.74) is 2.62. The molecule has 1 aliphatic rings. The first-order valence-electron chi connectivity index (χ1n) is 9.19. The number of rotatable bonds is 5. The van der Waals surface area contributed by atoms with E-state index in [2.05, 4.69) is 38.8 Å². The highest BCUT2D eigenvalue weighted by atomic mass is 79.9. The summed E-state index contributed by atoms with van der Waals surface area (Å²) in [7, 11) is 3.52. The van der Waals surface area contributed by atoms with Gasteiger partial charge in [-0.2, -0.15) is 0 Å². The topological polar surface area (TPSA) is 37.7 Å². The van der Waals surface area contributed by atoms with Crippen LogP contribution in [0, 0.1) is 0 Å². The number of halogens is 1. The van der Waals surface area contributed by atoms with E-state index in [1.807, 2.05) is 49.5 Å².